The summed E-state index contributed by atoms with van der Waals surface area (Å²) in [6.45, 7) is 5.23. The fraction of sp³-hybridized carbons (Fsp3) is 0.500. The van der Waals surface area contributed by atoms with Crippen LogP contribution in [0, 0.1) is 0 Å². The molecule has 0 amide bonds. The summed E-state index contributed by atoms with van der Waals surface area (Å²) in [6, 6.07) is 6.58. The highest BCUT2D eigenvalue weighted by Gasteiger charge is 2.20. The van der Waals surface area contributed by atoms with Gasteiger partial charge in [-0.15, -0.1) is 0 Å². The van der Waals surface area contributed by atoms with E-state index in [-0.39, 0.29) is 5.54 Å². The molecule has 2 heteroatoms. The topological polar surface area (TPSA) is 29.3 Å². The Morgan fingerprint density at radius 1 is 1.36 bits per heavy atom. The minimum absolute atomic E-state index is 0.226. The summed E-state index contributed by atoms with van der Waals surface area (Å²) >= 11 is 0. The van der Waals surface area contributed by atoms with E-state index in [4.69, 9.17) is 5.73 Å². The first-order valence-corrected chi connectivity index (χ1v) is 5.12. The smallest absolute Gasteiger partial charge is 0.0397 e. The normalized spacial score (nSPS) is 15.9. The van der Waals surface area contributed by atoms with Crippen molar-refractivity contribution < 1.29 is 0 Å². The van der Waals surface area contributed by atoms with Crippen molar-refractivity contribution in [1.82, 2.24) is 0 Å². The molecule has 0 spiro atoms. The van der Waals surface area contributed by atoms with Crippen molar-refractivity contribution in [1.29, 1.82) is 0 Å². The molecule has 1 heterocycles. The Balaban J connectivity index is 2.42. The molecule has 0 saturated carbocycles. The molecule has 1 aliphatic heterocycles. The van der Waals surface area contributed by atoms with Crippen molar-refractivity contribution >= 4 is 5.69 Å². The highest BCUT2D eigenvalue weighted by Crippen LogP contribution is 2.30. The van der Waals surface area contributed by atoms with Crippen LogP contribution in [0.3, 0.4) is 0 Å². The van der Waals surface area contributed by atoms with Gasteiger partial charge < -0.3 is 10.6 Å². The summed E-state index contributed by atoms with van der Waals surface area (Å²) in [7, 11) is 2.14. The molecule has 0 aliphatic carbocycles. The molecule has 1 aliphatic rings. The number of nitrogens with zero attached hydrogens (tertiary/aromatic N) is 1. The van der Waals surface area contributed by atoms with E-state index in [9.17, 15) is 0 Å². The quantitative estimate of drug-likeness (QED) is 0.732. The van der Waals surface area contributed by atoms with Crippen molar-refractivity contribution in [3.63, 3.8) is 0 Å². The van der Waals surface area contributed by atoms with E-state index in [0.29, 0.717) is 0 Å². The molecule has 0 radical (unpaired) electrons. The van der Waals surface area contributed by atoms with Crippen LogP contribution >= 0.6 is 0 Å². The van der Waals surface area contributed by atoms with Crippen molar-refractivity contribution in [3.8, 4) is 0 Å². The predicted octanol–water partition coefficient (Wildman–Crippen LogP) is 1.87. The zero-order chi connectivity index (χ0) is 10.3. The Labute approximate surface area is 85.7 Å². The highest BCUT2D eigenvalue weighted by molar-refractivity contribution is 5.59. The van der Waals surface area contributed by atoms with Crippen LogP contribution in [0.2, 0.25) is 0 Å². The van der Waals surface area contributed by atoms with Gasteiger partial charge in [0.15, 0.2) is 0 Å². The van der Waals surface area contributed by atoms with Gasteiger partial charge >= 0.3 is 0 Å². The molecule has 2 rings (SSSR count). The van der Waals surface area contributed by atoms with Crippen LogP contribution in [0.4, 0.5) is 5.69 Å². The Kier molecular flexibility index (Phi) is 2.04. The lowest BCUT2D eigenvalue weighted by molar-refractivity contribution is 0.554. The molecule has 2 N–H and O–H groups in total. The molecule has 14 heavy (non-hydrogen) atoms. The zero-order valence-corrected chi connectivity index (χ0v) is 9.17. The minimum Gasteiger partial charge on any atom is -0.374 e. The third-order valence-electron chi connectivity index (χ3n) is 2.95. The molecule has 0 saturated heterocycles. The summed E-state index contributed by atoms with van der Waals surface area (Å²) in [6.07, 6.45) is 1.15. The van der Waals surface area contributed by atoms with E-state index in [0.717, 1.165) is 13.0 Å². The van der Waals surface area contributed by atoms with Gasteiger partial charge in [0.1, 0.15) is 0 Å². The molecule has 1 aromatic carbocycles. The van der Waals surface area contributed by atoms with Gasteiger partial charge in [-0.05, 0) is 37.5 Å². The van der Waals surface area contributed by atoms with Crippen LogP contribution < -0.4 is 10.6 Å². The predicted molar refractivity (Wildman–Crippen MR) is 60.6 cm³/mol. The summed E-state index contributed by atoms with van der Waals surface area (Å²) in [4.78, 5) is 2.29. The van der Waals surface area contributed by atoms with E-state index < -0.39 is 0 Å². The van der Waals surface area contributed by atoms with Gasteiger partial charge in [-0.3, -0.25) is 0 Å². The van der Waals surface area contributed by atoms with Gasteiger partial charge in [0.05, 0.1) is 0 Å². The number of fused-ring (bicyclic) bond motifs is 1. The lowest BCUT2D eigenvalue weighted by Gasteiger charge is -2.20. The minimum atomic E-state index is -0.226. The SMILES string of the molecule is CN1CCc2cc(C(C)(C)N)ccc21. The van der Waals surface area contributed by atoms with E-state index in [1.165, 1.54) is 16.8 Å². The van der Waals surface area contributed by atoms with E-state index in [1.54, 1.807) is 0 Å². The summed E-state index contributed by atoms with van der Waals surface area (Å²) in [5.41, 5.74) is 9.87. The number of likely N-dealkylation sites (N-methyl/N-ethyl adjacent to an activating group) is 1. The van der Waals surface area contributed by atoms with Gasteiger partial charge in [-0.1, -0.05) is 12.1 Å². The molecule has 0 unspecified atom stereocenters. The van der Waals surface area contributed by atoms with Crippen LogP contribution in [0.5, 0.6) is 0 Å². The first-order chi connectivity index (χ1) is 6.48. The van der Waals surface area contributed by atoms with Gasteiger partial charge in [-0.25, -0.2) is 0 Å². The molecule has 76 valence electrons. The van der Waals surface area contributed by atoms with Gasteiger partial charge in [-0.2, -0.15) is 0 Å². The average molecular weight is 190 g/mol. The molecule has 0 aromatic heterocycles. The molecule has 0 fully saturated rings. The monoisotopic (exact) mass is 190 g/mol. The first-order valence-electron chi connectivity index (χ1n) is 5.12. The van der Waals surface area contributed by atoms with Crippen molar-refractivity contribution in [2.24, 2.45) is 5.73 Å². The number of benzene rings is 1. The van der Waals surface area contributed by atoms with Crippen LogP contribution in [0.1, 0.15) is 25.0 Å². The Bertz CT molecular complexity index is 350. The summed E-state index contributed by atoms with van der Waals surface area (Å²) in [5, 5.41) is 0. The number of hydrogen-bond acceptors (Lipinski definition) is 2. The number of rotatable bonds is 1. The Morgan fingerprint density at radius 3 is 2.71 bits per heavy atom. The third-order valence-corrected chi connectivity index (χ3v) is 2.95. The van der Waals surface area contributed by atoms with Gasteiger partial charge in [0.2, 0.25) is 0 Å². The molecule has 0 bridgehead atoms. The maximum atomic E-state index is 6.07. The fourth-order valence-corrected chi connectivity index (χ4v) is 1.97. The molecule has 2 nitrogen and oxygen atoms in total. The van der Waals surface area contributed by atoms with Crippen LogP contribution in [-0.2, 0) is 12.0 Å². The Hall–Kier alpha value is -1.02. The van der Waals surface area contributed by atoms with Crippen molar-refractivity contribution in [2.45, 2.75) is 25.8 Å². The Morgan fingerprint density at radius 2 is 2.07 bits per heavy atom. The number of hydrogen-bond donors (Lipinski definition) is 1. The highest BCUT2D eigenvalue weighted by atomic mass is 15.1. The van der Waals surface area contributed by atoms with Crippen LogP contribution in [0.15, 0.2) is 18.2 Å². The molecule has 1 aromatic rings. The maximum Gasteiger partial charge on any atom is 0.0397 e. The van der Waals surface area contributed by atoms with Crippen molar-refractivity contribution in [3.05, 3.63) is 29.3 Å². The van der Waals surface area contributed by atoms with E-state index >= 15 is 0 Å². The third kappa shape index (κ3) is 1.50. The summed E-state index contributed by atoms with van der Waals surface area (Å²) in [5.74, 6) is 0. The van der Waals surface area contributed by atoms with Crippen LogP contribution in [-0.4, -0.2) is 13.6 Å². The second-order valence-corrected chi connectivity index (χ2v) is 4.74. The summed E-state index contributed by atoms with van der Waals surface area (Å²) < 4.78 is 0. The lowest BCUT2D eigenvalue weighted by atomic mass is 9.93. The van der Waals surface area contributed by atoms with Gasteiger partial charge in [0, 0.05) is 24.8 Å². The second-order valence-electron chi connectivity index (χ2n) is 4.74. The average Bonchev–Trinajstić information content (AvgIpc) is 2.46. The number of nitrogens with two attached hydrogens (primary N) is 1. The zero-order valence-electron chi connectivity index (χ0n) is 9.17. The second kappa shape index (κ2) is 2.99. The van der Waals surface area contributed by atoms with Crippen LogP contribution in [0.25, 0.3) is 0 Å². The molecular weight excluding hydrogens is 172 g/mol. The van der Waals surface area contributed by atoms with Crippen molar-refractivity contribution in [2.75, 3.05) is 18.5 Å². The van der Waals surface area contributed by atoms with E-state index in [2.05, 4.69) is 30.1 Å². The molecular formula is C12H18N2. The largest absolute Gasteiger partial charge is 0.374 e. The fourth-order valence-electron chi connectivity index (χ4n) is 1.97. The number of anilines is 1. The molecule has 0 atom stereocenters. The first kappa shape index (κ1) is 9.53. The standard InChI is InChI=1S/C12H18N2/c1-12(2,13)10-4-5-11-9(8-10)6-7-14(11)3/h4-5,8H,6-7,13H2,1-3H3. The lowest BCUT2D eigenvalue weighted by Crippen LogP contribution is -2.28. The van der Waals surface area contributed by atoms with Gasteiger partial charge in [0.25, 0.3) is 0 Å². The maximum absolute atomic E-state index is 6.07. The van der Waals surface area contributed by atoms with E-state index in [1.807, 2.05) is 13.8 Å².